The zero-order valence-corrected chi connectivity index (χ0v) is 19.5. The molecule has 0 saturated carbocycles. The van der Waals surface area contributed by atoms with Gasteiger partial charge in [-0.25, -0.2) is 14.2 Å². The molecule has 0 aliphatic carbocycles. The standard InChI is InChI=1S/C18H23N4O14P/c23-5-7-14(13(28)16(34-7)22-4-2-10(25)20-18(22)30)36-37(31,32)33-6-8-11(26)12(27)15(35-8)21-3-1-9(24)19-17(21)29/h1-4,7-8,11-16,23,26-28H,5-6H2,(H,31,32)(H,19,24,29)(H,20,25,30). The Labute approximate surface area is 204 Å². The van der Waals surface area contributed by atoms with Crippen LogP contribution in [0, 0.1) is 0 Å². The summed E-state index contributed by atoms with van der Waals surface area (Å²) < 4.78 is 34.7. The summed E-state index contributed by atoms with van der Waals surface area (Å²) in [5.41, 5.74) is -3.33. The van der Waals surface area contributed by atoms with E-state index in [2.05, 4.69) is 0 Å². The van der Waals surface area contributed by atoms with Gasteiger partial charge in [0.2, 0.25) is 0 Å². The Kier molecular flexibility index (Phi) is 7.77. The molecule has 4 rings (SSSR count). The predicted octanol–water partition coefficient (Wildman–Crippen LogP) is -4.54. The summed E-state index contributed by atoms with van der Waals surface area (Å²) in [6.07, 6.45) is -10.6. The van der Waals surface area contributed by atoms with Gasteiger partial charge in [0.15, 0.2) is 12.5 Å². The van der Waals surface area contributed by atoms with Gasteiger partial charge in [0.1, 0.15) is 36.6 Å². The van der Waals surface area contributed by atoms with Crippen LogP contribution >= 0.6 is 7.82 Å². The third kappa shape index (κ3) is 5.58. The molecule has 2 fully saturated rings. The molecule has 7 N–H and O–H groups in total. The van der Waals surface area contributed by atoms with Crippen molar-refractivity contribution in [2.45, 2.75) is 49.1 Å². The number of nitrogens with one attached hydrogen (secondary N) is 2. The molecule has 9 atom stereocenters. The second-order valence-corrected chi connectivity index (χ2v) is 9.56. The van der Waals surface area contributed by atoms with Gasteiger partial charge in [0.05, 0.1) is 13.2 Å². The van der Waals surface area contributed by atoms with Gasteiger partial charge in [0.25, 0.3) is 11.1 Å². The lowest BCUT2D eigenvalue weighted by molar-refractivity contribution is -0.0615. The Morgan fingerprint density at radius 3 is 1.89 bits per heavy atom. The van der Waals surface area contributed by atoms with Gasteiger partial charge in [-0.05, 0) is 0 Å². The van der Waals surface area contributed by atoms with E-state index < -0.39 is 92.6 Å². The number of nitrogens with zero attached hydrogens (tertiary/aromatic N) is 2. The minimum atomic E-state index is -5.06. The largest absolute Gasteiger partial charge is 0.472 e. The van der Waals surface area contributed by atoms with Crippen LogP contribution in [0.3, 0.4) is 0 Å². The lowest BCUT2D eigenvalue weighted by Crippen LogP contribution is -2.39. The van der Waals surface area contributed by atoms with E-state index in [1.165, 1.54) is 0 Å². The molecule has 2 aliphatic rings. The second-order valence-electron chi connectivity index (χ2n) is 8.15. The van der Waals surface area contributed by atoms with Crippen molar-refractivity contribution >= 4 is 7.82 Å². The molecule has 0 aromatic carbocycles. The molecule has 2 aromatic heterocycles. The van der Waals surface area contributed by atoms with E-state index in [0.29, 0.717) is 0 Å². The van der Waals surface area contributed by atoms with E-state index in [4.69, 9.17) is 18.5 Å². The van der Waals surface area contributed by atoms with Gasteiger partial charge in [-0.2, -0.15) is 0 Å². The van der Waals surface area contributed by atoms with Crippen molar-refractivity contribution in [1.82, 2.24) is 19.1 Å². The summed E-state index contributed by atoms with van der Waals surface area (Å²) in [4.78, 5) is 60.5. The Morgan fingerprint density at radius 2 is 1.38 bits per heavy atom. The fourth-order valence-corrected chi connectivity index (χ4v) is 4.89. The summed E-state index contributed by atoms with van der Waals surface area (Å²) in [6.45, 7) is -1.64. The second kappa shape index (κ2) is 10.5. The first-order valence-corrected chi connectivity index (χ1v) is 12.2. The smallest absolute Gasteiger partial charge is 0.394 e. The number of rotatable bonds is 8. The van der Waals surface area contributed by atoms with Crippen LogP contribution in [0.15, 0.2) is 43.7 Å². The van der Waals surface area contributed by atoms with Crippen molar-refractivity contribution in [3.63, 3.8) is 0 Å². The van der Waals surface area contributed by atoms with Crippen LogP contribution in [0.25, 0.3) is 0 Å². The van der Waals surface area contributed by atoms with E-state index >= 15 is 0 Å². The van der Waals surface area contributed by atoms with Gasteiger partial charge in [-0.15, -0.1) is 0 Å². The number of aromatic nitrogens is 4. The number of ether oxygens (including phenoxy) is 2. The van der Waals surface area contributed by atoms with Crippen LogP contribution in [0.1, 0.15) is 12.5 Å². The fourth-order valence-electron chi connectivity index (χ4n) is 3.93. The molecule has 4 heterocycles. The van der Waals surface area contributed by atoms with Crippen molar-refractivity contribution in [2.24, 2.45) is 0 Å². The molecule has 0 amide bonds. The number of aliphatic hydroxyl groups excluding tert-OH is 4. The first-order chi connectivity index (χ1) is 17.4. The van der Waals surface area contributed by atoms with Crippen LogP contribution in [-0.2, 0) is 23.1 Å². The lowest BCUT2D eigenvalue weighted by atomic mass is 10.1. The number of phosphoric ester groups is 1. The minimum Gasteiger partial charge on any atom is -0.394 e. The van der Waals surface area contributed by atoms with Gasteiger partial charge in [0, 0.05) is 24.5 Å². The molecular weight excluding hydrogens is 527 g/mol. The highest BCUT2D eigenvalue weighted by molar-refractivity contribution is 7.47. The maximum atomic E-state index is 12.6. The summed E-state index contributed by atoms with van der Waals surface area (Å²) in [5, 5.41) is 40.6. The average molecular weight is 550 g/mol. The quantitative estimate of drug-likeness (QED) is 0.153. The molecule has 2 aromatic rings. The zero-order valence-electron chi connectivity index (χ0n) is 18.6. The Hall–Kier alpha value is -2.77. The molecule has 0 spiro atoms. The van der Waals surface area contributed by atoms with Gasteiger partial charge >= 0.3 is 19.2 Å². The van der Waals surface area contributed by atoms with Gasteiger partial charge in [-0.1, -0.05) is 0 Å². The number of hydrogen-bond acceptors (Lipinski definition) is 13. The van der Waals surface area contributed by atoms with Crippen molar-refractivity contribution in [2.75, 3.05) is 13.2 Å². The minimum absolute atomic E-state index is 0.709. The van der Waals surface area contributed by atoms with Crippen molar-refractivity contribution < 1.29 is 48.4 Å². The molecule has 204 valence electrons. The number of phosphoric acid groups is 1. The summed E-state index contributed by atoms with van der Waals surface area (Å²) in [7, 11) is -5.06. The average Bonchev–Trinajstić information content (AvgIpc) is 3.28. The molecule has 2 saturated heterocycles. The van der Waals surface area contributed by atoms with Crippen molar-refractivity contribution in [3.05, 3.63) is 66.2 Å². The molecule has 0 radical (unpaired) electrons. The fraction of sp³-hybridized carbons (Fsp3) is 0.556. The van der Waals surface area contributed by atoms with E-state index in [1.54, 1.807) is 0 Å². The highest BCUT2D eigenvalue weighted by atomic mass is 31.2. The molecule has 37 heavy (non-hydrogen) atoms. The SMILES string of the molecule is O=c1ccn(C2OC(COP(=O)(O)OC3C(CO)OC(n4ccc(=O)[nH]c4=O)C3O)C(O)C2O)c(=O)[nH]1. The first kappa shape index (κ1) is 27.3. The number of aromatic amines is 2. The normalized spacial score (nSPS) is 33.4. The van der Waals surface area contributed by atoms with Crippen LogP contribution in [-0.4, -0.2) is 94.3 Å². The Bertz CT molecular complexity index is 1400. The summed E-state index contributed by atoms with van der Waals surface area (Å²) in [6, 6.07) is 1.94. The monoisotopic (exact) mass is 550 g/mol. The van der Waals surface area contributed by atoms with Crippen LogP contribution in [0.5, 0.6) is 0 Å². The molecule has 9 unspecified atom stereocenters. The number of H-pyrrole nitrogens is 2. The van der Waals surface area contributed by atoms with Crippen molar-refractivity contribution in [3.8, 4) is 0 Å². The van der Waals surface area contributed by atoms with Crippen LogP contribution in [0.2, 0.25) is 0 Å². The number of aliphatic hydroxyl groups is 4. The van der Waals surface area contributed by atoms with E-state index in [1.807, 2.05) is 9.97 Å². The predicted molar refractivity (Wildman–Crippen MR) is 116 cm³/mol. The maximum Gasteiger partial charge on any atom is 0.472 e. The van der Waals surface area contributed by atoms with Crippen molar-refractivity contribution in [1.29, 1.82) is 0 Å². The Morgan fingerprint density at radius 1 is 0.865 bits per heavy atom. The van der Waals surface area contributed by atoms with E-state index in [9.17, 15) is 49.1 Å². The van der Waals surface area contributed by atoms with E-state index in [0.717, 1.165) is 33.7 Å². The highest BCUT2D eigenvalue weighted by Crippen LogP contribution is 2.49. The third-order valence-electron chi connectivity index (χ3n) is 5.73. The lowest BCUT2D eigenvalue weighted by Gasteiger charge is -2.23. The molecule has 19 heteroatoms. The molecule has 18 nitrogen and oxygen atoms in total. The first-order valence-electron chi connectivity index (χ1n) is 10.7. The summed E-state index contributed by atoms with van der Waals surface area (Å²) in [5.74, 6) is 0. The number of hydrogen-bond donors (Lipinski definition) is 7. The van der Waals surface area contributed by atoms with Gasteiger partial charge in [-0.3, -0.25) is 37.7 Å². The Balaban J connectivity index is 1.43. The van der Waals surface area contributed by atoms with Gasteiger partial charge < -0.3 is 34.8 Å². The van der Waals surface area contributed by atoms with Crippen LogP contribution in [0.4, 0.5) is 0 Å². The highest BCUT2D eigenvalue weighted by Gasteiger charge is 2.50. The molecular formula is C18H23N4O14P. The van der Waals surface area contributed by atoms with E-state index in [-0.39, 0.29) is 0 Å². The molecule has 0 bridgehead atoms. The molecule has 2 aliphatic heterocycles. The zero-order chi connectivity index (χ0) is 27.1. The topological polar surface area (TPSA) is 265 Å². The maximum absolute atomic E-state index is 12.6. The van der Waals surface area contributed by atoms with Crippen LogP contribution < -0.4 is 22.5 Å². The summed E-state index contributed by atoms with van der Waals surface area (Å²) >= 11 is 0. The third-order valence-corrected chi connectivity index (χ3v) is 6.72.